The van der Waals surface area contributed by atoms with E-state index >= 15 is 0 Å². The van der Waals surface area contributed by atoms with Gasteiger partial charge in [-0.1, -0.05) is 58.1 Å². The molecule has 0 aliphatic heterocycles. The van der Waals surface area contributed by atoms with Crippen LogP contribution >= 0.6 is 0 Å². The third kappa shape index (κ3) is 5.37. The fraction of sp³-hybridized carbons (Fsp3) is 0.700. The second kappa shape index (κ2) is 9.12. The summed E-state index contributed by atoms with van der Waals surface area (Å²) in [6.45, 7) is 5.36. The van der Waals surface area contributed by atoms with Crippen molar-refractivity contribution in [3.05, 3.63) is 29.8 Å². The van der Waals surface area contributed by atoms with Crippen molar-refractivity contribution in [3.8, 4) is 5.75 Å². The van der Waals surface area contributed by atoms with Crippen LogP contribution in [0.3, 0.4) is 0 Å². The Labute approximate surface area is 131 Å². The van der Waals surface area contributed by atoms with Gasteiger partial charge in [-0.3, -0.25) is 0 Å². The summed E-state index contributed by atoms with van der Waals surface area (Å²) in [7, 11) is 0. The molecule has 1 aliphatic rings. The van der Waals surface area contributed by atoms with Crippen molar-refractivity contribution in [1.29, 1.82) is 0 Å². The van der Waals surface area contributed by atoms with E-state index < -0.39 is 0 Å². The topological polar surface area (TPSA) is 9.23 Å². The molecular formula is C20H32O. The molecule has 0 heterocycles. The Morgan fingerprint density at radius 2 is 1.76 bits per heavy atom. The van der Waals surface area contributed by atoms with Gasteiger partial charge in [-0.25, -0.2) is 0 Å². The highest BCUT2D eigenvalue weighted by molar-refractivity contribution is 5.29. The molecule has 1 aromatic rings. The lowest BCUT2D eigenvalue weighted by Crippen LogP contribution is -2.00. The van der Waals surface area contributed by atoms with E-state index in [2.05, 4.69) is 38.1 Å². The highest BCUT2D eigenvalue weighted by Crippen LogP contribution is 2.36. The second-order valence-corrected chi connectivity index (χ2v) is 6.63. The molecule has 0 aromatic heterocycles. The van der Waals surface area contributed by atoms with Crippen LogP contribution in [0.5, 0.6) is 5.75 Å². The SMILES string of the molecule is CCCCOc1ccc([C@H]2CCC[C@@H](CCC)CC2)cc1. The Hall–Kier alpha value is -0.980. The molecule has 21 heavy (non-hydrogen) atoms. The molecule has 1 aromatic carbocycles. The van der Waals surface area contributed by atoms with Gasteiger partial charge >= 0.3 is 0 Å². The molecule has 0 radical (unpaired) electrons. The smallest absolute Gasteiger partial charge is 0.119 e. The standard InChI is InChI=1S/C20H32O/c1-3-5-16-21-20-14-12-19(13-15-20)18-9-6-8-17(7-4-2)10-11-18/h12-15,17-18H,3-11,16H2,1-2H3/t17-,18+/m1/s1. The number of hydrogen-bond acceptors (Lipinski definition) is 1. The number of unbranched alkanes of at least 4 members (excludes halogenated alkanes) is 1. The van der Waals surface area contributed by atoms with Crippen molar-refractivity contribution in [1.82, 2.24) is 0 Å². The van der Waals surface area contributed by atoms with Crippen molar-refractivity contribution >= 4 is 0 Å². The molecule has 1 aliphatic carbocycles. The maximum absolute atomic E-state index is 5.76. The number of rotatable bonds is 7. The minimum atomic E-state index is 0.775. The maximum Gasteiger partial charge on any atom is 0.119 e. The number of benzene rings is 1. The average molecular weight is 288 g/mol. The zero-order valence-electron chi connectivity index (χ0n) is 13.9. The van der Waals surface area contributed by atoms with Gasteiger partial charge in [0.25, 0.3) is 0 Å². The van der Waals surface area contributed by atoms with Crippen LogP contribution in [0.4, 0.5) is 0 Å². The first-order chi connectivity index (χ1) is 10.3. The Morgan fingerprint density at radius 1 is 0.952 bits per heavy atom. The molecule has 118 valence electrons. The summed E-state index contributed by atoms with van der Waals surface area (Å²) in [5, 5.41) is 0. The van der Waals surface area contributed by atoms with Crippen LogP contribution in [0.2, 0.25) is 0 Å². The van der Waals surface area contributed by atoms with Crippen LogP contribution in [0.1, 0.15) is 83.1 Å². The van der Waals surface area contributed by atoms with Gasteiger partial charge in [0.15, 0.2) is 0 Å². The summed E-state index contributed by atoms with van der Waals surface area (Å²) in [5.74, 6) is 2.79. The molecule has 0 saturated heterocycles. The molecule has 0 spiro atoms. The predicted molar refractivity (Wildman–Crippen MR) is 91.1 cm³/mol. The van der Waals surface area contributed by atoms with Gasteiger partial charge in [-0.05, 0) is 55.2 Å². The second-order valence-electron chi connectivity index (χ2n) is 6.63. The molecule has 1 fully saturated rings. The lowest BCUT2D eigenvalue weighted by atomic mass is 9.90. The molecule has 0 N–H and O–H groups in total. The van der Waals surface area contributed by atoms with Crippen molar-refractivity contribution < 1.29 is 4.74 Å². The lowest BCUT2D eigenvalue weighted by Gasteiger charge is -2.16. The molecule has 2 rings (SSSR count). The molecule has 1 saturated carbocycles. The minimum absolute atomic E-state index is 0.775. The van der Waals surface area contributed by atoms with Crippen molar-refractivity contribution in [2.75, 3.05) is 6.61 Å². The zero-order valence-corrected chi connectivity index (χ0v) is 13.9. The first kappa shape index (κ1) is 16.4. The highest BCUT2D eigenvalue weighted by atomic mass is 16.5. The van der Waals surface area contributed by atoms with Crippen LogP contribution in [0.25, 0.3) is 0 Å². The zero-order chi connectivity index (χ0) is 14.9. The van der Waals surface area contributed by atoms with Gasteiger partial charge in [-0.2, -0.15) is 0 Å². The van der Waals surface area contributed by atoms with Crippen molar-refractivity contribution in [2.24, 2.45) is 5.92 Å². The van der Waals surface area contributed by atoms with Gasteiger partial charge in [0.2, 0.25) is 0 Å². The monoisotopic (exact) mass is 288 g/mol. The first-order valence-electron chi connectivity index (χ1n) is 9.06. The first-order valence-corrected chi connectivity index (χ1v) is 9.06. The summed E-state index contributed by atoms with van der Waals surface area (Å²) in [5.41, 5.74) is 1.52. The molecule has 1 nitrogen and oxygen atoms in total. The molecule has 1 heteroatoms. The molecule has 0 bridgehead atoms. The van der Waals surface area contributed by atoms with Gasteiger partial charge < -0.3 is 4.74 Å². The highest BCUT2D eigenvalue weighted by Gasteiger charge is 2.19. The van der Waals surface area contributed by atoms with Gasteiger partial charge in [0, 0.05) is 0 Å². The minimum Gasteiger partial charge on any atom is -0.494 e. The molecule has 0 amide bonds. The van der Waals surface area contributed by atoms with E-state index in [0.29, 0.717) is 0 Å². The lowest BCUT2D eigenvalue weighted by molar-refractivity contribution is 0.309. The Bertz CT molecular complexity index is 381. The third-order valence-electron chi connectivity index (χ3n) is 4.90. The van der Waals surface area contributed by atoms with E-state index in [4.69, 9.17) is 4.74 Å². The molecular weight excluding hydrogens is 256 g/mol. The molecule has 2 atom stereocenters. The summed E-state index contributed by atoms with van der Waals surface area (Å²) in [6, 6.07) is 8.93. The summed E-state index contributed by atoms with van der Waals surface area (Å²) in [4.78, 5) is 0. The Kier molecular flexibility index (Phi) is 7.12. The fourth-order valence-corrected chi connectivity index (χ4v) is 3.58. The third-order valence-corrected chi connectivity index (χ3v) is 4.90. The van der Waals surface area contributed by atoms with Gasteiger partial charge in [-0.15, -0.1) is 0 Å². The van der Waals surface area contributed by atoms with Gasteiger partial charge in [0.05, 0.1) is 6.61 Å². The van der Waals surface area contributed by atoms with Gasteiger partial charge in [0.1, 0.15) is 5.75 Å². The van der Waals surface area contributed by atoms with E-state index in [9.17, 15) is 0 Å². The van der Waals surface area contributed by atoms with Crippen molar-refractivity contribution in [3.63, 3.8) is 0 Å². The van der Waals surface area contributed by atoms with E-state index in [1.54, 1.807) is 0 Å². The van der Waals surface area contributed by atoms with Crippen LogP contribution in [-0.4, -0.2) is 6.61 Å². The van der Waals surface area contributed by atoms with Crippen LogP contribution in [-0.2, 0) is 0 Å². The van der Waals surface area contributed by atoms with E-state index in [0.717, 1.165) is 30.6 Å². The number of hydrogen-bond donors (Lipinski definition) is 0. The Balaban J connectivity index is 1.86. The normalized spacial score (nSPS) is 22.8. The summed E-state index contributed by atoms with van der Waals surface area (Å²) in [6.07, 6.45) is 12.1. The van der Waals surface area contributed by atoms with Crippen LogP contribution in [0.15, 0.2) is 24.3 Å². The number of ether oxygens (including phenoxy) is 1. The Morgan fingerprint density at radius 3 is 2.48 bits per heavy atom. The maximum atomic E-state index is 5.76. The largest absolute Gasteiger partial charge is 0.494 e. The quantitative estimate of drug-likeness (QED) is 0.421. The van der Waals surface area contributed by atoms with E-state index in [-0.39, 0.29) is 0 Å². The summed E-state index contributed by atoms with van der Waals surface area (Å²) < 4.78 is 5.76. The average Bonchev–Trinajstić information content (AvgIpc) is 2.74. The predicted octanol–water partition coefficient (Wildman–Crippen LogP) is 6.33. The fourth-order valence-electron chi connectivity index (χ4n) is 3.58. The van der Waals surface area contributed by atoms with Crippen LogP contribution in [0, 0.1) is 5.92 Å². The van der Waals surface area contributed by atoms with E-state index in [1.165, 1.54) is 56.9 Å². The molecule has 0 unspecified atom stereocenters. The van der Waals surface area contributed by atoms with Crippen molar-refractivity contribution in [2.45, 2.75) is 77.6 Å². The van der Waals surface area contributed by atoms with Crippen LogP contribution < -0.4 is 4.74 Å². The van der Waals surface area contributed by atoms with E-state index in [1.807, 2.05) is 0 Å². The summed E-state index contributed by atoms with van der Waals surface area (Å²) >= 11 is 0.